The average Bonchev–Trinajstić information content (AvgIpc) is 3.32. The number of fused-ring (bicyclic) bond motifs is 1. The smallest absolute Gasteiger partial charge is 0.242 e. The van der Waals surface area contributed by atoms with Crippen LogP contribution in [0.5, 0.6) is 0 Å². The highest BCUT2D eigenvalue weighted by atomic mass is 32.1. The van der Waals surface area contributed by atoms with Gasteiger partial charge in [-0.15, -0.1) is 0 Å². The molecule has 1 aromatic heterocycles. The normalized spacial score (nSPS) is 18.8. The summed E-state index contributed by atoms with van der Waals surface area (Å²) in [5.41, 5.74) is 4.92. The first-order valence-electron chi connectivity index (χ1n) is 11.4. The van der Waals surface area contributed by atoms with Gasteiger partial charge < -0.3 is 9.80 Å². The number of nitrogens with one attached hydrogen (secondary N) is 1. The second kappa shape index (κ2) is 8.54. The fraction of sp³-hybridized carbons (Fsp3) is 0.400. The number of aromatic amines is 1. The Morgan fingerprint density at radius 1 is 1.16 bits per heavy atom. The SMILES string of the molecule is Cc1cccc(-c2n[nH]c(=S)n2CC(=O)N2CCC(N3c4ccccc4C[C@@H]3C)CC2)c1. The van der Waals surface area contributed by atoms with Crippen LogP contribution in [-0.4, -0.2) is 50.7 Å². The molecule has 1 fully saturated rings. The monoisotopic (exact) mass is 447 g/mol. The van der Waals surface area contributed by atoms with Gasteiger partial charge in [0, 0.05) is 36.4 Å². The minimum absolute atomic E-state index is 0.102. The number of anilines is 1. The first-order valence-corrected chi connectivity index (χ1v) is 11.8. The van der Waals surface area contributed by atoms with Gasteiger partial charge in [0.15, 0.2) is 10.6 Å². The molecular weight excluding hydrogens is 418 g/mol. The zero-order valence-corrected chi connectivity index (χ0v) is 19.4. The van der Waals surface area contributed by atoms with Crippen molar-refractivity contribution in [3.63, 3.8) is 0 Å². The van der Waals surface area contributed by atoms with Crippen molar-refractivity contribution >= 4 is 23.8 Å². The predicted octanol–water partition coefficient (Wildman–Crippen LogP) is 4.36. The van der Waals surface area contributed by atoms with Crippen LogP contribution < -0.4 is 4.90 Å². The van der Waals surface area contributed by atoms with Crippen LogP contribution in [0.4, 0.5) is 5.69 Å². The number of carbonyl (C=O) groups excluding carboxylic acids is 1. The molecule has 1 saturated heterocycles. The Balaban J connectivity index is 1.27. The lowest BCUT2D eigenvalue weighted by Gasteiger charge is -2.40. The van der Waals surface area contributed by atoms with Crippen molar-refractivity contribution in [1.29, 1.82) is 0 Å². The predicted molar refractivity (Wildman–Crippen MR) is 129 cm³/mol. The summed E-state index contributed by atoms with van der Waals surface area (Å²) in [4.78, 5) is 17.7. The summed E-state index contributed by atoms with van der Waals surface area (Å²) in [5, 5.41) is 7.25. The standard InChI is InChI=1S/C25H29N5OS/c1-17-6-5-8-20(14-17)24-26-27-25(32)29(24)16-23(31)28-12-10-21(11-13-28)30-18(2)15-19-7-3-4-9-22(19)30/h3-9,14,18,21H,10-13,15-16H2,1-2H3,(H,27,32)/t18-/m0/s1. The Morgan fingerprint density at radius 3 is 2.72 bits per heavy atom. The third-order valence-corrected chi connectivity index (χ3v) is 7.11. The Kier molecular flexibility index (Phi) is 5.59. The van der Waals surface area contributed by atoms with Gasteiger partial charge >= 0.3 is 0 Å². The highest BCUT2D eigenvalue weighted by Gasteiger charge is 2.34. The summed E-state index contributed by atoms with van der Waals surface area (Å²) in [7, 11) is 0. The van der Waals surface area contributed by atoms with E-state index in [2.05, 4.69) is 52.4 Å². The molecule has 0 saturated carbocycles. The summed E-state index contributed by atoms with van der Waals surface area (Å²) in [5.74, 6) is 0.814. The maximum atomic E-state index is 13.2. The molecule has 6 nitrogen and oxygen atoms in total. The number of para-hydroxylation sites is 1. The minimum Gasteiger partial charge on any atom is -0.365 e. The van der Waals surface area contributed by atoms with Crippen LogP contribution in [0.1, 0.15) is 30.9 Å². The number of benzene rings is 2. The maximum Gasteiger partial charge on any atom is 0.242 e. The molecule has 2 aromatic carbocycles. The third kappa shape index (κ3) is 3.86. The highest BCUT2D eigenvalue weighted by Crippen LogP contribution is 2.36. The van der Waals surface area contributed by atoms with Crippen molar-refractivity contribution < 1.29 is 4.79 Å². The largest absolute Gasteiger partial charge is 0.365 e. The molecule has 0 bridgehead atoms. The van der Waals surface area contributed by atoms with Gasteiger partial charge in [-0.1, -0.05) is 42.0 Å². The molecule has 3 aromatic rings. The summed E-state index contributed by atoms with van der Waals surface area (Å²) in [6.45, 7) is 6.13. The van der Waals surface area contributed by atoms with Gasteiger partial charge in [0.2, 0.25) is 5.91 Å². The number of amides is 1. The van der Waals surface area contributed by atoms with Gasteiger partial charge in [-0.25, -0.2) is 0 Å². The Hall–Kier alpha value is -2.93. The topological polar surface area (TPSA) is 57.2 Å². The van der Waals surface area contributed by atoms with Crippen LogP contribution in [0.2, 0.25) is 0 Å². The summed E-state index contributed by atoms with van der Waals surface area (Å²) in [6.07, 6.45) is 3.09. The molecule has 3 heterocycles. The van der Waals surface area contributed by atoms with E-state index in [1.165, 1.54) is 11.3 Å². The fourth-order valence-electron chi connectivity index (χ4n) is 5.24. The molecule has 1 atom stereocenters. The van der Waals surface area contributed by atoms with Gasteiger partial charge in [-0.3, -0.25) is 14.5 Å². The molecule has 1 N–H and O–H groups in total. The van der Waals surface area contributed by atoms with Crippen molar-refractivity contribution in [1.82, 2.24) is 19.7 Å². The third-order valence-electron chi connectivity index (χ3n) is 6.80. The number of hydrogen-bond acceptors (Lipinski definition) is 4. The number of aromatic nitrogens is 3. The van der Waals surface area contributed by atoms with Gasteiger partial charge in [-0.05, 0) is 63.0 Å². The highest BCUT2D eigenvalue weighted by molar-refractivity contribution is 7.71. The summed E-state index contributed by atoms with van der Waals surface area (Å²) >= 11 is 5.43. The zero-order valence-electron chi connectivity index (χ0n) is 18.6. The van der Waals surface area contributed by atoms with Crippen LogP contribution in [0.25, 0.3) is 11.4 Å². The molecule has 7 heteroatoms. The number of rotatable bonds is 4. The van der Waals surface area contributed by atoms with Crippen LogP contribution in [0, 0.1) is 11.7 Å². The molecule has 0 radical (unpaired) electrons. The van der Waals surface area contributed by atoms with E-state index >= 15 is 0 Å². The molecule has 1 amide bonds. The Morgan fingerprint density at radius 2 is 1.94 bits per heavy atom. The molecule has 2 aliphatic heterocycles. The lowest BCUT2D eigenvalue weighted by Crippen LogP contribution is -2.49. The molecule has 166 valence electrons. The Labute approximate surface area is 193 Å². The number of H-pyrrole nitrogens is 1. The van der Waals surface area contributed by atoms with Crippen LogP contribution in [0.15, 0.2) is 48.5 Å². The molecule has 32 heavy (non-hydrogen) atoms. The minimum atomic E-state index is 0.102. The number of aryl methyl sites for hydroxylation is 1. The Bertz CT molecular complexity index is 1190. The van der Waals surface area contributed by atoms with E-state index in [9.17, 15) is 4.79 Å². The molecule has 5 rings (SSSR count). The van der Waals surface area contributed by atoms with E-state index in [4.69, 9.17) is 12.2 Å². The van der Waals surface area contributed by atoms with E-state index in [0.29, 0.717) is 22.7 Å². The average molecular weight is 448 g/mol. The van der Waals surface area contributed by atoms with E-state index in [0.717, 1.165) is 43.5 Å². The second-order valence-corrected chi connectivity index (χ2v) is 9.40. The molecule has 0 unspecified atom stereocenters. The van der Waals surface area contributed by atoms with Crippen molar-refractivity contribution in [3.05, 3.63) is 64.4 Å². The summed E-state index contributed by atoms with van der Waals surface area (Å²) in [6, 6.07) is 17.8. The van der Waals surface area contributed by atoms with E-state index in [-0.39, 0.29) is 12.5 Å². The van der Waals surface area contributed by atoms with Crippen LogP contribution >= 0.6 is 12.2 Å². The molecule has 2 aliphatic rings. The first-order chi connectivity index (χ1) is 15.5. The van der Waals surface area contributed by atoms with Gasteiger partial charge in [0.1, 0.15) is 6.54 Å². The quantitative estimate of drug-likeness (QED) is 0.604. The van der Waals surface area contributed by atoms with Crippen molar-refractivity contribution in [3.8, 4) is 11.4 Å². The number of likely N-dealkylation sites (tertiary alicyclic amines) is 1. The van der Waals surface area contributed by atoms with Gasteiger partial charge in [0.25, 0.3) is 0 Å². The lowest BCUT2D eigenvalue weighted by molar-refractivity contribution is -0.132. The van der Waals surface area contributed by atoms with Crippen LogP contribution in [0.3, 0.4) is 0 Å². The number of nitrogens with zero attached hydrogens (tertiary/aromatic N) is 4. The van der Waals surface area contributed by atoms with E-state index < -0.39 is 0 Å². The second-order valence-electron chi connectivity index (χ2n) is 9.01. The van der Waals surface area contributed by atoms with E-state index in [1.807, 2.05) is 34.6 Å². The van der Waals surface area contributed by atoms with Crippen LogP contribution in [-0.2, 0) is 17.8 Å². The number of carbonyl (C=O) groups is 1. The maximum absolute atomic E-state index is 13.2. The molecule has 0 aliphatic carbocycles. The number of piperidine rings is 1. The summed E-state index contributed by atoms with van der Waals surface area (Å²) < 4.78 is 2.30. The van der Waals surface area contributed by atoms with E-state index in [1.54, 1.807) is 0 Å². The molecule has 0 spiro atoms. The van der Waals surface area contributed by atoms with Crippen molar-refractivity contribution in [2.75, 3.05) is 18.0 Å². The van der Waals surface area contributed by atoms with Crippen molar-refractivity contribution in [2.45, 2.75) is 51.7 Å². The first kappa shape index (κ1) is 20.9. The lowest BCUT2D eigenvalue weighted by atomic mass is 10.0. The number of hydrogen-bond donors (Lipinski definition) is 1. The van der Waals surface area contributed by atoms with Gasteiger partial charge in [0.05, 0.1) is 0 Å². The molecular formula is C25H29N5OS. The van der Waals surface area contributed by atoms with Gasteiger partial charge in [-0.2, -0.15) is 5.10 Å². The zero-order chi connectivity index (χ0) is 22.2. The fourth-order valence-corrected chi connectivity index (χ4v) is 5.44. The van der Waals surface area contributed by atoms with Crippen molar-refractivity contribution in [2.24, 2.45) is 0 Å².